The summed E-state index contributed by atoms with van der Waals surface area (Å²) in [5, 5.41) is 10.5. The third-order valence-electron chi connectivity index (χ3n) is 6.44. The minimum atomic E-state index is -4.79. The van der Waals surface area contributed by atoms with Crippen LogP contribution in [0, 0.1) is 16.7 Å². The molecule has 0 unspecified atom stereocenters. The zero-order valence-electron chi connectivity index (χ0n) is 16.7. The van der Waals surface area contributed by atoms with E-state index in [1.54, 1.807) is 0 Å². The molecule has 0 bridgehead atoms. The summed E-state index contributed by atoms with van der Waals surface area (Å²) >= 11 is 3.21. The summed E-state index contributed by atoms with van der Waals surface area (Å²) in [4.78, 5) is 26.5. The predicted octanol–water partition coefficient (Wildman–Crippen LogP) is 2.71. The molecule has 1 saturated heterocycles. The van der Waals surface area contributed by atoms with Crippen LogP contribution in [0.2, 0.25) is 0 Å². The third-order valence-corrected chi connectivity index (χ3v) is 9.11. The Morgan fingerprint density at radius 2 is 1.75 bits per heavy atom. The summed E-state index contributed by atoms with van der Waals surface area (Å²) in [6.07, 6.45) is -5.14. The number of nitrogens with zero attached hydrogens (tertiary/aromatic N) is 2. The maximum Gasteiger partial charge on any atom is 0.403 e. The van der Waals surface area contributed by atoms with E-state index in [0.717, 1.165) is 4.90 Å². The van der Waals surface area contributed by atoms with Gasteiger partial charge in [0.15, 0.2) is 9.84 Å². The Kier molecular flexibility index (Phi) is 5.36. The summed E-state index contributed by atoms with van der Waals surface area (Å²) in [7, 11) is -4.02. The Labute approximate surface area is 191 Å². The molecule has 2 atom stereocenters. The number of nitriles is 1. The van der Waals surface area contributed by atoms with Crippen molar-refractivity contribution in [2.75, 3.05) is 6.54 Å². The molecule has 3 aliphatic rings. The van der Waals surface area contributed by atoms with E-state index in [1.807, 2.05) is 6.07 Å². The van der Waals surface area contributed by atoms with E-state index in [0.29, 0.717) is 17.3 Å². The predicted molar refractivity (Wildman–Crippen MR) is 109 cm³/mol. The van der Waals surface area contributed by atoms with Gasteiger partial charge in [-0.25, -0.2) is 8.42 Å². The van der Waals surface area contributed by atoms with E-state index in [4.69, 9.17) is 0 Å². The number of nitrogens with one attached hydrogen (secondary N) is 1. The van der Waals surface area contributed by atoms with Gasteiger partial charge in [0.05, 0.1) is 16.2 Å². The molecule has 1 aromatic carbocycles. The van der Waals surface area contributed by atoms with Crippen molar-refractivity contribution in [1.82, 2.24) is 10.2 Å². The van der Waals surface area contributed by atoms with Crippen molar-refractivity contribution in [2.24, 2.45) is 5.41 Å². The minimum Gasteiger partial charge on any atom is -0.336 e. The highest BCUT2D eigenvalue weighted by atomic mass is 79.9. The topological polar surface area (TPSA) is 107 Å². The summed E-state index contributed by atoms with van der Waals surface area (Å²) in [5.74, 6) is -2.08. The van der Waals surface area contributed by atoms with Gasteiger partial charge in [0.25, 0.3) is 0 Å². The summed E-state index contributed by atoms with van der Waals surface area (Å²) in [6.45, 7) is -0.521. The molecule has 7 nitrogen and oxygen atoms in total. The maximum atomic E-state index is 13.6. The molecule has 2 aliphatic carbocycles. The van der Waals surface area contributed by atoms with E-state index in [9.17, 15) is 36.4 Å². The first-order chi connectivity index (χ1) is 14.9. The van der Waals surface area contributed by atoms with Crippen LogP contribution >= 0.6 is 15.9 Å². The number of sulfone groups is 1. The lowest BCUT2D eigenvalue weighted by molar-refractivity contribution is -0.199. The summed E-state index contributed by atoms with van der Waals surface area (Å²) in [5.41, 5.74) is -3.68. The van der Waals surface area contributed by atoms with Crippen molar-refractivity contribution in [2.45, 2.75) is 60.0 Å². The van der Waals surface area contributed by atoms with Gasteiger partial charge in [-0.3, -0.25) is 9.59 Å². The number of hydrogen-bond donors (Lipinski definition) is 1. The van der Waals surface area contributed by atoms with Gasteiger partial charge in [-0.15, -0.1) is 0 Å². The molecule has 172 valence electrons. The van der Waals surface area contributed by atoms with E-state index >= 15 is 0 Å². The van der Waals surface area contributed by atoms with Gasteiger partial charge in [0.2, 0.25) is 11.8 Å². The molecule has 1 N–H and O–H groups in total. The number of carbonyl (C=O) groups excluding carboxylic acids is 2. The summed E-state index contributed by atoms with van der Waals surface area (Å²) < 4.78 is 67.7. The van der Waals surface area contributed by atoms with Crippen LogP contribution in [0.4, 0.5) is 13.2 Å². The number of carbonyl (C=O) groups is 2. The first-order valence-corrected chi connectivity index (χ1v) is 12.3. The zero-order valence-corrected chi connectivity index (χ0v) is 19.1. The third kappa shape index (κ3) is 3.79. The van der Waals surface area contributed by atoms with Crippen LogP contribution < -0.4 is 5.32 Å². The zero-order chi connectivity index (χ0) is 23.5. The second-order valence-electron chi connectivity index (χ2n) is 8.59. The van der Waals surface area contributed by atoms with Crippen LogP contribution in [0.5, 0.6) is 0 Å². The van der Waals surface area contributed by atoms with Crippen LogP contribution in [0.1, 0.15) is 32.1 Å². The van der Waals surface area contributed by atoms with Crippen LogP contribution in [0.3, 0.4) is 0 Å². The Morgan fingerprint density at radius 1 is 1.16 bits per heavy atom. The number of halogens is 4. The lowest BCUT2D eigenvalue weighted by atomic mass is 10.0. The molecule has 4 rings (SSSR count). The minimum absolute atomic E-state index is 0.0493. The van der Waals surface area contributed by atoms with Gasteiger partial charge >= 0.3 is 6.18 Å². The fourth-order valence-corrected chi connectivity index (χ4v) is 6.00. The Morgan fingerprint density at radius 3 is 2.22 bits per heavy atom. The van der Waals surface area contributed by atoms with Crippen molar-refractivity contribution < 1.29 is 31.2 Å². The number of benzene rings is 1. The quantitative estimate of drug-likeness (QED) is 0.626. The maximum absolute atomic E-state index is 13.6. The average molecular weight is 534 g/mol. The summed E-state index contributed by atoms with van der Waals surface area (Å²) in [6, 6.07) is 6.29. The van der Waals surface area contributed by atoms with E-state index in [2.05, 4.69) is 21.2 Å². The second kappa shape index (κ2) is 7.45. The molecular weight excluding hydrogens is 515 g/mol. The fourth-order valence-electron chi connectivity index (χ4n) is 4.04. The highest BCUT2D eigenvalue weighted by molar-refractivity contribution is 9.10. The van der Waals surface area contributed by atoms with Crippen molar-refractivity contribution in [3.8, 4) is 6.07 Å². The molecule has 12 heteroatoms. The highest BCUT2D eigenvalue weighted by Gasteiger charge is 2.70. The molecular formula is C20H19BrF3N3O4S. The van der Waals surface area contributed by atoms with Gasteiger partial charge in [0.1, 0.15) is 17.0 Å². The highest BCUT2D eigenvalue weighted by Crippen LogP contribution is 2.59. The Bertz CT molecular complexity index is 1110. The number of hydrogen-bond acceptors (Lipinski definition) is 5. The lowest BCUT2D eigenvalue weighted by Gasteiger charge is -2.29. The number of alkyl halides is 3. The molecule has 1 aromatic rings. The normalized spacial score (nSPS) is 25.7. The monoisotopic (exact) mass is 533 g/mol. The average Bonchev–Trinajstić information content (AvgIpc) is 3.64. The van der Waals surface area contributed by atoms with Gasteiger partial charge < -0.3 is 10.2 Å². The molecule has 2 saturated carbocycles. The molecule has 32 heavy (non-hydrogen) atoms. The molecule has 0 spiro atoms. The van der Waals surface area contributed by atoms with Gasteiger partial charge in [-0.1, -0.05) is 15.9 Å². The van der Waals surface area contributed by atoms with Gasteiger partial charge in [-0.2, -0.15) is 18.4 Å². The van der Waals surface area contributed by atoms with E-state index in [1.165, 1.54) is 24.3 Å². The standard InChI is InChI=1S/C20H19BrF3N3O4S/c21-12-1-3-13(4-2-12)32(30,31)14-9-15(16(28)26-18(11-25)5-6-18)27(10-14)17(29)19(7-8-19)20(22,23)24/h1-4,14-15H,5-10H2,(H,26,28)/t14-,15+/m1/s1. The molecule has 2 amide bonds. The molecule has 3 fully saturated rings. The molecule has 0 radical (unpaired) electrons. The van der Waals surface area contributed by atoms with Crippen LogP contribution in [-0.2, 0) is 19.4 Å². The van der Waals surface area contributed by atoms with E-state index < -0.39 is 69.5 Å². The number of likely N-dealkylation sites (tertiary alicyclic amines) is 1. The first kappa shape index (κ1) is 23.0. The molecule has 1 heterocycles. The van der Waals surface area contributed by atoms with Crippen molar-refractivity contribution in [3.63, 3.8) is 0 Å². The van der Waals surface area contributed by atoms with Gasteiger partial charge in [0, 0.05) is 11.0 Å². The smallest absolute Gasteiger partial charge is 0.336 e. The van der Waals surface area contributed by atoms with Crippen molar-refractivity contribution in [1.29, 1.82) is 5.26 Å². The molecule has 0 aromatic heterocycles. The fraction of sp³-hybridized carbons (Fsp3) is 0.550. The number of amides is 2. The van der Waals surface area contributed by atoms with E-state index in [-0.39, 0.29) is 11.3 Å². The van der Waals surface area contributed by atoms with Gasteiger partial charge in [-0.05, 0) is 56.4 Å². The SMILES string of the molecule is N#CC1(NC(=O)[C@@H]2C[C@@H](S(=O)(=O)c3ccc(Br)cc3)CN2C(=O)C2(C(F)(F)F)CC2)CC1. The van der Waals surface area contributed by atoms with Crippen molar-refractivity contribution >= 4 is 37.6 Å². The molecule has 1 aliphatic heterocycles. The van der Waals surface area contributed by atoms with Crippen LogP contribution in [0.15, 0.2) is 33.6 Å². The first-order valence-electron chi connectivity index (χ1n) is 9.96. The number of rotatable bonds is 5. The lowest BCUT2D eigenvalue weighted by Crippen LogP contribution is -2.53. The largest absolute Gasteiger partial charge is 0.403 e. The van der Waals surface area contributed by atoms with Crippen LogP contribution in [-0.4, -0.2) is 54.7 Å². The van der Waals surface area contributed by atoms with Crippen molar-refractivity contribution in [3.05, 3.63) is 28.7 Å². The van der Waals surface area contributed by atoms with Crippen LogP contribution in [0.25, 0.3) is 0 Å². The second-order valence-corrected chi connectivity index (χ2v) is 11.7. The Balaban J connectivity index is 1.65. The Hall–Kier alpha value is -2.13.